The van der Waals surface area contributed by atoms with Crippen molar-refractivity contribution in [2.24, 2.45) is 0 Å². The molecule has 3 nitrogen and oxygen atoms in total. The Kier molecular flexibility index (Phi) is 2.29. The van der Waals surface area contributed by atoms with E-state index in [9.17, 15) is 0 Å². The first kappa shape index (κ1) is 7.57. The topological polar surface area (TPSA) is 37.8 Å². The minimum atomic E-state index is 0.265. The zero-order valence-electron chi connectivity index (χ0n) is 5.23. The smallest absolute Gasteiger partial charge is 0.153 e. The van der Waals surface area contributed by atoms with Crippen LogP contribution in [0.3, 0.4) is 0 Å². The maximum atomic E-state index is 5.67. The number of anilines is 1. The van der Waals surface area contributed by atoms with E-state index in [0.717, 1.165) is 0 Å². The van der Waals surface area contributed by atoms with Crippen LogP contribution in [0.25, 0.3) is 0 Å². The van der Waals surface area contributed by atoms with Crippen molar-refractivity contribution in [2.75, 3.05) is 12.4 Å². The maximum absolute atomic E-state index is 5.67. The van der Waals surface area contributed by atoms with Gasteiger partial charge in [0.1, 0.15) is 17.2 Å². The lowest BCUT2D eigenvalue weighted by Crippen LogP contribution is -1.94. The van der Waals surface area contributed by atoms with E-state index in [2.05, 4.69) is 15.3 Å². The fourth-order valence-electron chi connectivity index (χ4n) is 0.523. The zero-order chi connectivity index (χ0) is 7.56. The molecule has 54 valence electrons. The van der Waals surface area contributed by atoms with Gasteiger partial charge >= 0.3 is 0 Å². The number of hydrogen-bond donors (Lipinski definition) is 1. The van der Waals surface area contributed by atoms with Crippen LogP contribution in [0.4, 0.5) is 5.82 Å². The summed E-state index contributed by atoms with van der Waals surface area (Å²) >= 11 is 11.2. The van der Waals surface area contributed by atoms with Gasteiger partial charge in [0, 0.05) is 7.05 Å². The minimum Gasteiger partial charge on any atom is -0.372 e. The largest absolute Gasteiger partial charge is 0.372 e. The molecule has 0 aliphatic rings. The van der Waals surface area contributed by atoms with Crippen LogP contribution in [0.2, 0.25) is 10.2 Å². The highest BCUT2D eigenvalue weighted by Gasteiger charge is 2.03. The summed E-state index contributed by atoms with van der Waals surface area (Å²) in [5.41, 5.74) is 0. The molecule has 0 aliphatic heterocycles. The molecule has 10 heavy (non-hydrogen) atoms. The Morgan fingerprint density at radius 2 is 2.10 bits per heavy atom. The summed E-state index contributed by atoms with van der Waals surface area (Å²) in [7, 11) is 1.71. The van der Waals surface area contributed by atoms with Crippen molar-refractivity contribution < 1.29 is 0 Å². The molecule has 0 aliphatic carbocycles. The van der Waals surface area contributed by atoms with Gasteiger partial charge in [-0.25, -0.2) is 9.97 Å². The molecule has 0 spiro atoms. The second-order valence-electron chi connectivity index (χ2n) is 1.58. The SMILES string of the molecule is CNc1ncnc(Cl)c1Cl. The Bertz CT molecular complexity index is 238. The minimum absolute atomic E-state index is 0.265. The molecule has 0 saturated heterocycles. The Balaban J connectivity index is 3.14. The number of nitrogens with zero attached hydrogens (tertiary/aromatic N) is 2. The van der Waals surface area contributed by atoms with Crippen LogP contribution in [-0.2, 0) is 0 Å². The molecule has 1 N–H and O–H groups in total. The Morgan fingerprint density at radius 1 is 1.40 bits per heavy atom. The first-order valence-corrected chi connectivity index (χ1v) is 3.35. The molecule has 0 aromatic carbocycles. The summed E-state index contributed by atoms with van der Waals surface area (Å²) in [6.45, 7) is 0. The van der Waals surface area contributed by atoms with Crippen molar-refractivity contribution in [3.05, 3.63) is 16.5 Å². The van der Waals surface area contributed by atoms with Crippen molar-refractivity contribution in [1.29, 1.82) is 0 Å². The third-order valence-corrected chi connectivity index (χ3v) is 1.73. The van der Waals surface area contributed by atoms with Gasteiger partial charge in [-0.15, -0.1) is 0 Å². The monoisotopic (exact) mass is 177 g/mol. The molecular formula is C5H5Cl2N3. The van der Waals surface area contributed by atoms with Crippen molar-refractivity contribution in [3.63, 3.8) is 0 Å². The molecule has 5 heteroatoms. The molecule has 0 unspecified atom stereocenters. The van der Waals surface area contributed by atoms with Crippen LogP contribution in [0.5, 0.6) is 0 Å². The van der Waals surface area contributed by atoms with Crippen LogP contribution < -0.4 is 5.32 Å². The number of halogens is 2. The fraction of sp³-hybridized carbons (Fsp3) is 0.200. The molecular weight excluding hydrogens is 173 g/mol. The van der Waals surface area contributed by atoms with Gasteiger partial charge in [0.25, 0.3) is 0 Å². The second-order valence-corrected chi connectivity index (χ2v) is 2.31. The van der Waals surface area contributed by atoms with Gasteiger partial charge < -0.3 is 5.32 Å². The average molecular weight is 178 g/mol. The van der Waals surface area contributed by atoms with E-state index in [1.807, 2.05) is 0 Å². The van der Waals surface area contributed by atoms with Gasteiger partial charge in [-0.1, -0.05) is 23.2 Å². The first-order valence-electron chi connectivity index (χ1n) is 2.59. The highest BCUT2D eigenvalue weighted by molar-refractivity contribution is 6.42. The predicted molar refractivity (Wildman–Crippen MR) is 41.6 cm³/mol. The lowest BCUT2D eigenvalue weighted by molar-refractivity contribution is 1.16. The number of aromatic nitrogens is 2. The van der Waals surface area contributed by atoms with E-state index in [-0.39, 0.29) is 5.15 Å². The average Bonchev–Trinajstić information content (AvgIpc) is 1.95. The van der Waals surface area contributed by atoms with Crippen LogP contribution in [-0.4, -0.2) is 17.0 Å². The fourth-order valence-corrected chi connectivity index (χ4v) is 0.848. The molecule has 0 bridgehead atoms. The summed E-state index contributed by atoms with van der Waals surface area (Å²) in [4.78, 5) is 7.49. The molecule has 0 atom stereocenters. The summed E-state index contributed by atoms with van der Waals surface area (Å²) < 4.78 is 0. The standard InChI is InChI=1S/C5H5Cl2N3/c1-8-5-3(6)4(7)9-2-10-5/h2H,1H3,(H,8,9,10). The summed E-state index contributed by atoms with van der Waals surface area (Å²) in [6.07, 6.45) is 1.35. The van der Waals surface area contributed by atoms with E-state index >= 15 is 0 Å². The first-order chi connectivity index (χ1) is 4.75. The van der Waals surface area contributed by atoms with Crippen molar-refractivity contribution >= 4 is 29.0 Å². The third kappa shape index (κ3) is 1.30. The zero-order valence-corrected chi connectivity index (χ0v) is 6.74. The van der Waals surface area contributed by atoms with Crippen LogP contribution in [0.1, 0.15) is 0 Å². The predicted octanol–water partition coefficient (Wildman–Crippen LogP) is 1.83. The molecule has 0 amide bonds. The van der Waals surface area contributed by atoms with Gasteiger partial charge in [-0.05, 0) is 0 Å². The molecule has 1 aromatic rings. The highest BCUT2D eigenvalue weighted by Crippen LogP contribution is 2.24. The summed E-state index contributed by atoms with van der Waals surface area (Å²) in [5, 5.41) is 3.39. The summed E-state index contributed by atoms with van der Waals surface area (Å²) in [5.74, 6) is 0.543. The van der Waals surface area contributed by atoms with Crippen molar-refractivity contribution in [3.8, 4) is 0 Å². The molecule has 0 saturated carbocycles. The van der Waals surface area contributed by atoms with E-state index in [1.54, 1.807) is 7.05 Å². The molecule has 0 radical (unpaired) electrons. The quantitative estimate of drug-likeness (QED) is 0.666. The van der Waals surface area contributed by atoms with Crippen LogP contribution in [0.15, 0.2) is 6.33 Å². The molecule has 0 fully saturated rings. The van der Waals surface area contributed by atoms with Crippen LogP contribution in [0, 0.1) is 0 Å². The van der Waals surface area contributed by atoms with Gasteiger partial charge in [-0.2, -0.15) is 0 Å². The lowest BCUT2D eigenvalue weighted by atomic mass is 10.6. The molecule has 1 heterocycles. The van der Waals surface area contributed by atoms with E-state index in [4.69, 9.17) is 23.2 Å². The maximum Gasteiger partial charge on any atom is 0.153 e. The van der Waals surface area contributed by atoms with E-state index < -0.39 is 0 Å². The van der Waals surface area contributed by atoms with Crippen LogP contribution >= 0.6 is 23.2 Å². The normalized spacial score (nSPS) is 9.50. The van der Waals surface area contributed by atoms with Gasteiger partial charge in [0.05, 0.1) is 0 Å². The third-order valence-electron chi connectivity index (χ3n) is 0.984. The molecule has 1 aromatic heterocycles. The number of rotatable bonds is 1. The van der Waals surface area contributed by atoms with Gasteiger partial charge in [0.15, 0.2) is 5.15 Å². The number of hydrogen-bond acceptors (Lipinski definition) is 3. The molecule has 1 rings (SSSR count). The number of nitrogens with one attached hydrogen (secondary N) is 1. The van der Waals surface area contributed by atoms with Crippen molar-refractivity contribution in [2.45, 2.75) is 0 Å². The second kappa shape index (κ2) is 3.03. The Labute approximate surface area is 68.4 Å². The van der Waals surface area contributed by atoms with Crippen molar-refractivity contribution in [1.82, 2.24) is 9.97 Å². The summed E-state index contributed by atoms with van der Waals surface area (Å²) in [6, 6.07) is 0. The lowest BCUT2D eigenvalue weighted by Gasteiger charge is -2.00. The van der Waals surface area contributed by atoms with E-state index in [0.29, 0.717) is 10.8 Å². The Morgan fingerprint density at radius 3 is 2.60 bits per heavy atom. The van der Waals surface area contributed by atoms with Gasteiger partial charge in [0.2, 0.25) is 0 Å². The van der Waals surface area contributed by atoms with Gasteiger partial charge in [-0.3, -0.25) is 0 Å². The highest BCUT2D eigenvalue weighted by atomic mass is 35.5. The van der Waals surface area contributed by atoms with E-state index in [1.165, 1.54) is 6.33 Å². The Hall–Kier alpha value is -0.540.